The number of rotatable bonds is 2. The molecule has 5 heteroatoms. The lowest BCUT2D eigenvalue weighted by Crippen LogP contribution is -2.40. The molecule has 1 aliphatic rings. The lowest BCUT2D eigenvalue weighted by atomic mass is 10.1. The first-order valence-corrected chi connectivity index (χ1v) is 5.49. The van der Waals surface area contributed by atoms with E-state index < -0.39 is 5.91 Å². The first kappa shape index (κ1) is 12.0. The van der Waals surface area contributed by atoms with Crippen molar-refractivity contribution in [2.24, 2.45) is 5.10 Å². The minimum Gasteiger partial charge on any atom is -0.287 e. The zero-order valence-corrected chi connectivity index (χ0v) is 10.2. The summed E-state index contributed by atoms with van der Waals surface area (Å²) < 4.78 is 0. The van der Waals surface area contributed by atoms with Gasteiger partial charge in [-0.3, -0.25) is 19.9 Å². The van der Waals surface area contributed by atoms with Crippen molar-refractivity contribution in [1.29, 1.82) is 0 Å². The molecule has 0 bridgehead atoms. The third-order valence-electron chi connectivity index (χ3n) is 2.56. The Morgan fingerprint density at radius 3 is 2.44 bits per heavy atom. The Bertz CT molecular complexity index is 547. The maximum absolute atomic E-state index is 11.6. The summed E-state index contributed by atoms with van der Waals surface area (Å²) in [6.45, 7) is 1.64. The second-order valence-electron chi connectivity index (χ2n) is 3.95. The van der Waals surface area contributed by atoms with Crippen LogP contribution in [0.1, 0.15) is 6.92 Å². The first-order valence-electron chi connectivity index (χ1n) is 5.49. The largest absolute Gasteiger partial charge is 0.287 e. The highest BCUT2D eigenvalue weighted by molar-refractivity contribution is 6.48. The van der Waals surface area contributed by atoms with E-state index in [0.717, 1.165) is 5.69 Å². The van der Waals surface area contributed by atoms with E-state index in [1.54, 1.807) is 19.0 Å². The van der Waals surface area contributed by atoms with Crippen LogP contribution >= 0.6 is 0 Å². The number of hydrogen-bond donors (Lipinski definition) is 1. The number of hydrogen-bond acceptors (Lipinski definition) is 4. The van der Waals surface area contributed by atoms with Gasteiger partial charge in [0.25, 0.3) is 11.8 Å². The van der Waals surface area contributed by atoms with Gasteiger partial charge >= 0.3 is 0 Å². The Labute approximate surface area is 105 Å². The van der Waals surface area contributed by atoms with Crippen LogP contribution in [0.5, 0.6) is 0 Å². The zero-order chi connectivity index (χ0) is 13.1. The lowest BCUT2D eigenvalue weighted by molar-refractivity contribution is -0.125. The number of para-hydroxylation sites is 1. The van der Waals surface area contributed by atoms with E-state index in [9.17, 15) is 9.59 Å². The van der Waals surface area contributed by atoms with Crippen molar-refractivity contribution >= 4 is 23.2 Å². The van der Waals surface area contributed by atoms with Crippen LogP contribution < -0.4 is 10.3 Å². The van der Waals surface area contributed by atoms with E-state index in [0.29, 0.717) is 5.57 Å². The Balaban J connectivity index is 2.28. The molecule has 2 rings (SSSR count). The molecule has 0 saturated carbocycles. The van der Waals surface area contributed by atoms with Gasteiger partial charge in [-0.25, -0.2) is 0 Å². The number of imide groups is 1. The molecule has 0 aromatic heterocycles. The monoisotopic (exact) mass is 243 g/mol. The topological polar surface area (TPSA) is 61.8 Å². The minimum atomic E-state index is -0.478. The van der Waals surface area contributed by atoms with E-state index in [1.165, 1.54) is 6.08 Å². The average molecular weight is 243 g/mol. The molecule has 0 unspecified atom stereocenters. The Kier molecular flexibility index (Phi) is 3.23. The number of nitrogens with zero attached hydrogens (tertiary/aromatic N) is 2. The number of carbonyl (C=O) groups excluding carboxylic acids is 2. The van der Waals surface area contributed by atoms with Crippen LogP contribution in [0.4, 0.5) is 5.69 Å². The lowest BCUT2D eigenvalue weighted by Gasteiger charge is -2.16. The molecule has 5 nitrogen and oxygen atoms in total. The van der Waals surface area contributed by atoms with Crippen molar-refractivity contribution in [3.05, 3.63) is 42.0 Å². The Morgan fingerprint density at radius 1 is 1.11 bits per heavy atom. The summed E-state index contributed by atoms with van der Waals surface area (Å²) in [6.07, 6.45) is 1.49. The SMILES string of the molecule is CC1=CC(=NN(C)c2ccccc2)C(=O)NC1=O. The first-order chi connectivity index (χ1) is 8.58. The van der Waals surface area contributed by atoms with Gasteiger partial charge in [0.2, 0.25) is 0 Å². The van der Waals surface area contributed by atoms with E-state index in [2.05, 4.69) is 10.4 Å². The molecule has 2 amide bonds. The molecule has 0 aliphatic carbocycles. The summed E-state index contributed by atoms with van der Waals surface area (Å²) in [5.41, 5.74) is 1.55. The second kappa shape index (κ2) is 4.83. The van der Waals surface area contributed by atoms with E-state index >= 15 is 0 Å². The Hall–Kier alpha value is -2.43. The number of amides is 2. The summed E-state index contributed by atoms with van der Waals surface area (Å²) in [5.74, 6) is -0.852. The number of anilines is 1. The van der Waals surface area contributed by atoms with Crippen molar-refractivity contribution < 1.29 is 9.59 Å². The molecule has 1 aromatic carbocycles. The van der Waals surface area contributed by atoms with E-state index in [-0.39, 0.29) is 11.6 Å². The number of hydrazone groups is 1. The van der Waals surface area contributed by atoms with Gasteiger partial charge in [-0.2, -0.15) is 5.10 Å². The molecule has 1 aromatic rings. The van der Waals surface area contributed by atoms with Gasteiger partial charge in [-0.05, 0) is 25.1 Å². The number of nitrogens with one attached hydrogen (secondary N) is 1. The molecule has 0 fully saturated rings. The van der Waals surface area contributed by atoms with Crippen LogP contribution in [0.3, 0.4) is 0 Å². The van der Waals surface area contributed by atoms with Crippen LogP contribution in [0, 0.1) is 0 Å². The minimum absolute atomic E-state index is 0.221. The molecule has 0 atom stereocenters. The molecular weight excluding hydrogens is 230 g/mol. The summed E-state index contributed by atoms with van der Waals surface area (Å²) in [7, 11) is 1.75. The number of benzene rings is 1. The van der Waals surface area contributed by atoms with Crippen molar-refractivity contribution in [3.8, 4) is 0 Å². The van der Waals surface area contributed by atoms with Crippen molar-refractivity contribution in [2.75, 3.05) is 12.1 Å². The van der Waals surface area contributed by atoms with Gasteiger partial charge in [0.1, 0.15) is 5.71 Å². The fourth-order valence-electron chi connectivity index (χ4n) is 1.54. The Morgan fingerprint density at radius 2 is 1.78 bits per heavy atom. The number of carbonyl (C=O) groups is 2. The molecular formula is C13H13N3O2. The van der Waals surface area contributed by atoms with E-state index in [4.69, 9.17) is 0 Å². The molecule has 1 N–H and O–H groups in total. The summed E-state index contributed by atoms with van der Waals surface area (Å²) >= 11 is 0. The zero-order valence-electron chi connectivity index (χ0n) is 10.2. The maximum Gasteiger partial charge on any atom is 0.278 e. The summed E-state index contributed by atoms with van der Waals surface area (Å²) in [4.78, 5) is 22.8. The average Bonchev–Trinajstić information content (AvgIpc) is 2.37. The van der Waals surface area contributed by atoms with Crippen molar-refractivity contribution in [1.82, 2.24) is 5.32 Å². The normalized spacial score (nSPS) is 17.4. The highest BCUT2D eigenvalue weighted by Gasteiger charge is 2.21. The van der Waals surface area contributed by atoms with Crippen molar-refractivity contribution in [3.63, 3.8) is 0 Å². The van der Waals surface area contributed by atoms with Gasteiger partial charge in [-0.1, -0.05) is 18.2 Å². The predicted molar refractivity (Wildman–Crippen MR) is 69.2 cm³/mol. The van der Waals surface area contributed by atoms with Gasteiger partial charge in [0.05, 0.1) is 5.69 Å². The van der Waals surface area contributed by atoms with Crippen LogP contribution in [0.25, 0.3) is 0 Å². The summed E-state index contributed by atoms with van der Waals surface area (Å²) in [6, 6.07) is 9.44. The van der Waals surface area contributed by atoms with Crippen LogP contribution in [-0.2, 0) is 9.59 Å². The fourth-order valence-corrected chi connectivity index (χ4v) is 1.54. The second-order valence-corrected chi connectivity index (χ2v) is 3.95. The fraction of sp³-hybridized carbons (Fsp3) is 0.154. The van der Waals surface area contributed by atoms with Crippen LogP contribution in [-0.4, -0.2) is 24.6 Å². The molecule has 1 heterocycles. The molecule has 92 valence electrons. The van der Waals surface area contributed by atoms with E-state index in [1.807, 2.05) is 30.3 Å². The molecule has 0 spiro atoms. The van der Waals surface area contributed by atoms with Crippen LogP contribution in [0.15, 0.2) is 47.1 Å². The smallest absolute Gasteiger partial charge is 0.278 e. The molecule has 0 saturated heterocycles. The highest BCUT2D eigenvalue weighted by Crippen LogP contribution is 2.12. The standard InChI is InChI=1S/C13H13N3O2/c1-9-8-11(13(18)14-12(9)17)15-16(2)10-6-4-3-5-7-10/h3-8H,1-2H3,(H,14,17,18). The maximum atomic E-state index is 11.6. The van der Waals surface area contributed by atoms with Gasteiger partial charge < -0.3 is 0 Å². The quantitative estimate of drug-likeness (QED) is 0.624. The summed E-state index contributed by atoms with van der Waals surface area (Å²) in [5, 5.41) is 8.01. The van der Waals surface area contributed by atoms with Crippen molar-refractivity contribution in [2.45, 2.75) is 6.92 Å². The highest BCUT2D eigenvalue weighted by atomic mass is 16.2. The molecule has 1 aliphatic heterocycles. The molecule has 18 heavy (non-hydrogen) atoms. The van der Waals surface area contributed by atoms with Gasteiger partial charge in [0, 0.05) is 12.6 Å². The predicted octanol–water partition coefficient (Wildman–Crippen LogP) is 1.08. The van der Waals surface area contributed by atoms with Crippen LogP contribution in [0.2, 0.25) is 0 Å². The van der Waals surface area contributed by atoms with Gasteiger partial charge in [0.15, 0.2) is 0 Å². The van der Waals surface area contributed by atoms with Gasteiger partial charge in [-0.15, -0.1) is 0 Å². The third-order valence-corrected chi connectivity index (χ3v) is 2.56. The third kappa shape index (κ3) is 2.45. The molecule has 0 radical (unpaired) electrons.